The molecule has 0 fully saturated rings. The highest BCUT2D eigenvalue weighted by Crippen LogP contribution is 2.19. The lowest BCUT2D eigenvalue weighted by molar-refractivity contribution is -0.123. The van der Waals surface area contributed by atoms with E-state index < -0.39 is 0 Å². The van der Waals surface area contributed by atoms with E-state index in [2.05, 4.69) is 24.5 Å². The molecule has 2 N–H and O–H groups in total. The standard InChI is InChI=1S/C16H23N3O2/c1-3-9-18-13(2)14-6-4-7-15(11-14)21-12-16(20)19-10-5-8-17/h4,6-7,11,13,18H,3,5,9-10,12H2,1-2H3,(H,19,20). The highest BCUT2D eigenvalue weighted by molar-refractivity contribution is 5.77. The van der Waals surface area contributed by atoms with E-state index in [4.69, 9.17) is 10.00 Å². The number of hydrogen-bond acceptors (Lipinski definition) is 4. The summed E-state index contributed by atoms with van der Waals surface area (Å²) in [7, 11) is 0. The molecule has 21 heavy (non-hydrogen) atoms. The van der Waals surface area contributed by atoms with E-state index in [1.165, 1.54) is 0 Å². The first-order valence-corrected chi connectivity index (χ1v) is 7.27. The van der Waals surface area contributed by atoms with E-state index >= 15 is 0 Å². The van der Waals surface area contributed by atoms with Gasteiger partial charge >= 0.3 is 0 Å². The number of carbonyl (C=O) groups excluding carboxylic acids is 1. The number of rotatable bonds is 9. The Hall–Kier alpha value is -2.06. The van der Waals surface area contributed by atoms with Crippen LogP contribution in [0.2, 0.25) is 0 Å². The summed E-state index contributed by atoms with van der Waals surface area (Å²) in [4.78, 5) is 11.5. The first-order chi connectivity index (χ1) is 10.2. The van der Waals surface area contributed by atoms with Gasteiger partial charge in [0.05, 0.1) is 12.5 Å². The summed E-state index contributed by atoms with van der Waals surface area (Å²) in [5.74, 6) is 0.459. The van der Waals surface area contributed by atoms with Crippen LogP contribution in [0.1, 0.15) is 38.3 Å². The maximum atomic E-state index is 11.5. The monoisotopic (exact) mass is 289 g/mol. The van der Waals surface area contributed by atoms with Crippen LogP contribution in [0.3, 0.4) is 0 Å². The zero-order chi connectivity index (χ0) is 15.5. The summed E-state index contributed by atoms with van der Waals surface area (Å²) in [5, 5.41) is 14.4. The summed E-state index contributed by atoms with van der Waals surface area (Å²) >= 11 is 0. The average molecular weight is 289 g/mol. The van der Waals surface area contributed by atoms with Crippen LogP contribution in [0.25, 0.3) is 0 Å². The molecule has 0 aromatic heterocycles. The van der Waals surface area contributed by atoms with E-state index in [1.807, 2.05) is 30.3 Å². The van der Waals surface area contributed by atoms with Gasteiger partial charge in [0, 0.05) is 12.6 Å². The molecular weight excluding hydrogens is 266 g/mol. The van der Waals surface area contributed by atoms with Gasteiger partial charge in [0.15, 0.2) is 6.61 Å². The number of carbonyl (C=O) groups is 1. The third kappa shape index (κ3) is 6.77. The lowest BCUT2D eigenvalue weighted by Crippen LogP contribution is -2.29. The van der Waals surface area contributed by atoms with Crippen molar-refractivity contribution in [2.75, 3.05) is 19.7 Å². The zero-order valence-electron chi connectivity index (χ0n) is 12.7. The van der Waals surface area contributed by atoms with Crippen molar-refractivity contribution in [3.05, 3.63) is 29.8 Å². The first kappa shape index (κ1) is 17.0. The van der Waals surface area contributed by atoms with Crippen LogP contribution in [0.5, 0.6) is 5.75 Å². The van der Waals surface area contributed by atoms with Gasteiger partial charge in [-0.05, 0) is 37.6 Å². The van der Waals surface area contributed by atoms with Gasteiger partial charge in [-0.1, -0.05) is 19.1 Å². The second-order valence-corrected chi connectivity index (χ2v) is 4.80. The van der Waals surface area contributed by atoms with Crippen LogP contribution in [-0.2, 0) is 4.79 Å². The summed E-state index contributed by atoms with van der Waals surface area (Å²) in [5.41, 5.74) is 1.13. The summed E-state index contributed by atoms with van der Waals surface area (Å²) in [6.45, 7) is 5.52. The number of amides is 1. The summed E-state index contributed by atoms with van der Waals surface area (Å²) < 4.78 is 5.47. The van der Waals surface area contributed by atoms with Crippen LogP contribution in [0, 0.1) is 11.3 Å². The Balaban J connectivity index is 2.45. The van der Waals surface area contributed by atoms with Crippen LogP contribution in [0.4, 0.5) is 0 Å². The number of hydrogen-bond donors (Lipinski definition) is 2. The SMILES string of the molecule is CCCNC(C)c1cccc(OCC(=O)NCCC#N)c1. The Labute approximate surface area is 126 Å². The first-order valence-electron chi connectivity index (χ1n) is 7.27. The second kappa shape index (κ2) is 9.78. The van der Waals surface area contributed by atoms with Gasteiger partial charge < -0.3 is 15.4 Å². The molecule has 0 aliphatic rings. The Bertz CT molecular complexity index is 483. The van der Waals surface area contributed by atoms with Crippen molar-refractivity contribution in [2.45, 2.75) is 32.7 Å². The molecule has 0 heterocycles. The summed E-state index contributed by atoms with van der Waals surface area (Å²) in [6, 6.07) is 9.95. The van der Waals surface area contributed by atoms with Gasteiger partial charge in [-0.15, -0.1) is 0 Å². The lowest BCUT2D eigenvalue weighted by Gasteiger charge is -2.15. The fourth-order valence-electron chi connectivity index (χ4n) is 1.81. The van der Waals surface area contributed by atoms with Gasteiger partial charge in [0.1, 0.15) is 5.75 Å². The topological polar surface area (TPSA) is 74.2 Å². The molecule has 0 spiro atoms. The van der Waals surface area contributed by atoms with Crippen molar-refractivity contribution >= 4 is 5.91 Å². The molecule has 0 radical (unpaired) electrons. The Kier molecular flexibility index (Phi) is 7.92. The predicted octanol–water partition coefficient (Wildman–Crippen LogP) is 2.16. The minimum absolute atomic E-state index is 0.0361. The average Bonchev–Trinajstić information content (AvgIpc) is 2.51. The van der Waals surface area contributed by atoms with Crippen molar-refractivity contribution in [2.24, 2.45) is 0 Å². The molecule has 0 aliphatic heterocycles. The molecule has 114 valence electrons. The highest BCUT2D eigenvalue weighted by Gasteiger charge is 2.06. The molecule has 0 saturated carbocycles. The molecule has 5 heteroatoms. The fraction of sp³-hybridized carbons (Fsp3) is 0.500. The zero-order valence-corrected chi connectivity index (χ0v) is 12.7. The number of nitrogens with zero attached hydrogens (tertiary/aromatic N) is 1. The molecule has 0 bridgehead atoms. The number of ether oxygens (including phenoxy) is 1. The van der Waals surface area contributed by atoms with E-state index in [0.717, 1.165) is 18.5 Å². The second-order valence-electron chi connectivity index (χ2n) is 4.80. The van der Waals surface area contributed by atoms with Crippen molar-refractivity contribution in [3.8, 4) is 11.8 Å². The lowest BCUT2D eigenvalue weighted by atomic mass is 10.1. The molecule has 5 nitrogen and oxygen atoms in total. The van der Waals surface area contributed by atoms with Crippen LogP contribution in [0.15, 0.2) is 24.3 Å². The van der Waals surface area contributed by atoms with Gasteiger partial charge in [-0.25, -0.2) is 0 Å². The van der Waals surface area contributed by atoms with Gasteiger partial charge in [0.2, 0.25) is 0 Å². The third-order valence-corrected chi connectivity index (χ3v) is 2.99. The molecule has 1 aromatic rings. The molecular formula is C16H23N3O2. The van der Waals surface area contributed by atoms with Crippen molar-refractivity contribution in [1.29, 1.82) is 5.26 Å². The maximum absolute atomic E-state index is 11.5. The third-order valence-electron chi connectivity index (χ3n) is 2.99. The maximum Gasteiger partial charge on any atom is 0.257 e. The van der Waals surface area contributed by atoms with Crippen LogP contribution >= 0.6 is 0 Å². The quantitative estimate of drug-likeness (QED) is 0.683. The molecule has 1 atom stereocenters. The minimum atomic E-state index is -0.215. The molecule has 1 amide bonds. The van der Waals surface area contributed by atoms with Crippen molar-refractivity contribution in [1.82, 2.24) is 10.6 Å². The van der Waals surface area contributed by atoms with Gasteiger partial charge in [-0.2, -0.15) is 5.26 Å². The van der Waals surface area contributed by atoms with Gasteiger partial charge in [0.25, 0.3) is 5.91 Å². The van der Waals surface area contributed by atoms with Crippen molar-refractivity contribution in [3.63, 3.8) is 0 Å². The van der Waals surface area contributed by atoms with Crippen LogP contribution in [-0.4, -0.2) is 25.6 Å². The predicted molar refractivity (Wildman–Crippen MR) is 81.9 cm³/mol. The van der Waals surface area contributed by atoms with E-state index in [0.29, 0.717) is 18.7 Å². The number of benzene rings is 1. The molecule has 0 saturated heterocycles. The number of nitriles is 1. The molecule has 1 aromatic carbocycles. The Morgan fingerprint density at radius 3 is 2.95 bits per heavy atom. The van der Waals surface area contributed by atoms with E-state index in [1.54, 1.807) is 0 Å². The molecule has 1 unspecified atom stereocenters. The molecule has 1 rings (SSSR count). The van der Waals surface area contributed by atoms with Gasteiger partial charge in [-0.3, -0.25) is 4.79 Å². The van der Waals surface area contributed by atoms with E-state index in [-0.39, 0.29) is 18.6 Å². The largest absolute Gasteiger partial charge is 0.484 e. The number of nitrogens with one attached hydrogen (secondary N) is 2. The summed E-state index contributed by atoms with van der Waals surface area (Å²) in [6.07, 6.45) is 1.39. The van der Waals surface area contributed by atoms with E-state index in [9.17, 15) is 4.79 Å². The van der Waals surface area contributed by atoms with Crippen LogP contribution < -0.4 is 15.4 Å². The highest BCUT2D eigenvalue weighted by atomic mass is 16.5. The molecule has 0 aliphatic carbocycles. The fourth-order valence-corrected chi connectivity index (χ4v) is 1.81. The minimum Gasteiger partial charge on any atom is -0.484 e. The van der Waals surface area contributed by atoms with Crippen molar-refractivity contribution < 1.29 is 9.53 Å². The Morgan fingerprint density at radius 2 is 2.24 bits per heavy atom. The Morgan fingerprint density at radius 1 is 1.43 bits per heavy atom. The smallest absolute Gasteiger partial charge is 0.257 e. The normalized spacial score (nSPS) is 11.5.